The molecule has 1 amide bonds. The molecule has 1 aromatic heterocycles. The van der Waals surface area contributed by atoms with Crippen LogP contribution in [0.2, 0.25) is 0 Å². The zero-order valence-corrected chi connectivity index (χ0v) is 15.3. The van der Waals surface area contributed by atoms with E-state index in [-0.39, 0.29) is 19.6 Å². The second kappa shape index (κ2) is 7.09. The number of rotatable bonds is 3. The summed E-state index contributed by atoms with van der Waals surface area (Å²) >= 11 is 0. The van der Waals surface area contributed by atoms with Crippen LogP contribution >= 0.6 is 0 Å². The number of likely N-dealkylation sites (tertiary alicyclic amines) is 1. The number of piperidine rings is 1. The lowest BCUT2D eigenvalue weighted by Gasteiger charge is -2.37. The maximum atomic E-state index is 14.0. The van der Waals surface area contributed by atoms with E-state index in [0.29, 0.717) is 11.7 Å². The maximum absolute atomic E-state index is 14.0. The molecule has 0 radical (unpaired) electrons. The van der Waals surface area contributed by atoms with Gasteiger partial charge >= 0.3 is 6.09 Å². The quantitative estimate of drug-likeness (QED) is 0.830. The molecule has 0 bridgehead atoms. The minimum atomic E-state index is -2.97. The van der Waals surface area contributed by atoms with E-state index in [1.807, 2.05) is 0 Å². The van der Waals surface area contributed by atoms with Gasteiger partial charge in [0, 0.05) is 30.6 Å². The Bertz CT molecular complexity index is 612. The van der Waals surface area contributed by atoms with Crippen molar-refractivity contribution in [1.29, 1.82) is 0 Å². The highest BCUT2D eigenvalue weighted by Crippen LogP contribution is 2.31. The highest BCUT2D eigenvalue weighted by atomic mass is 19.3. The van der Waals surface area contributed by atoms with Crippen molar-refractivity contribution in [2.24, 2.45) is 5.92 Å². The SMILES string of the molecule is Cc1cc(OCC2CN(C(=O)OC(C)(C)C)CC(F)(F)C2)nc(C)n1. The topological polar surface area (TPSA) is 64.5 Å². The highest BCUT2D eigenvalue weighted by molar-refractivity contribution is 5.68. The number of aromatic nitrogens is 2. The van der Waals surface area contributed by atoms with Crippen LogP contribution in [-0.4, -0.2) is 52.2 Å². The molecule has 140 valence electrons. The number of aryl methyl sites for hydroxylation is 2. The molecule has 1 aliphatic heterocycles. The van der Waals surface area contributed by atoms with Crippen LogP contribution in [0.4, 0.5) is 13.6 Å². The summed E-state index contributed by atoms with van der Waals surface area (Å²) in [7, 11) is 0. The summed E-state index contributed by atoms with van der Waals surface area (Å²) in [5.74, 6) is -2.57. The summed E-state index contributed by atoms with van der Waals surface area (Å²) in [6.45, 7) is 8.22. The lowest BCUT2D eigenvalue weighted by atomic mass is 9.96. The second-order valence-corrected chi connectivity index (χ2v) is 7.49. The number of amides is 1. The lowest BCUT2D eigenvalue weighted by molar-refractivity contribution is -0.0917. The molecule has 1 aromatic rings. The first kappa shape index (κ1) is 19.3. The van der Waals surface area contributed by atoms with Crippen molar-refractivity contribution in [3.63, 3.8) is 0 Å². The van der Waals surface area contributed by atoms with E-state index in [1.54, 1.807) is 40.7 Å². The Morgan fingerprint density at radius 1 is 1.36 bits per heavy atom. The van der Waals surface area contributed by atoms with E-state index in [2.05, 4.69) is 9.97 Å². The molecule has 1 saturated heterocycles. The number of hydrogen-bond acceptors (Lipinski definition) is 5. The summed E-state index contributed by atoms with van der Waals surface area (Å²) in [4.78, 5) is 21.4. The van der Waals surface area contributed by atoms with Crippen LogP contribution in [0.25, 0.3) is 0 Å². The molecule has 1 atom stereocenters. The van der Waals surface area contributed by atoms with Gasteiger partial charge in [-0.05, 0) is 34.6 Å². The molecule has 0 saturated carbocycles. The van der Waals surface area contributed by atoms with Crippen LogP contribution in [0.5, 0.6) is 5.88 Å². The van der Waals surface area contributed by atoms with E-state index >= 15 is 0 Å². The minimum Gasteiger partial charge on any atom is -0.477 e. The average molecular weight is 357 g/mol. The van der Waals surface area contributed by atoms with Gasteiger partial charge in [-0.25, -0.2) is 18.6 Å². The van der Waals surface area contributed by atoms with Gasteiger partial charge in [0.25, 0.3) is 5.92 Å². The van der Waals surface area contributed by atoms with Crippen LogP contribution in [0, 0.1) is 19.8 Å². The van der Waals surface area contributed by atoms with Crippen LogP contribution in [-0.2, 0) is 4.74 Å². The Hall–Kier alpha value is -1.99. The van der Waals surface area contributed by atoms with E-state index in [0.717, 1.165) is 10.6 Å². The third kappa shape index (κ3) is 6.10. The summed E-state index contributed by atoms with van der Waals surface area (Å²) in [5.41, 5.74) is 0.0121. The molecular weight excluding hydrogens is 332 g/mol. The number of alkyl halides is 2. The van der Waals surface area contributed by atoms with Crippen LogP contribution in [0.3, 0.4) is 0 Å². The third-order valence-electron chi connectivity index (χ3n) is 3.55. The Morgan fingerprint density at radius 2 is 2.04 bits per heavy atom. The van der Waals surface area contributed by atoms with Crippen molar-refractivity contribution in [1.82, 2.24) is 14.9 Å². The summed E-state index contributed by atoms with van der Waals surface area (Å²) in [5, 5.41) is 0. The molecular formula is C17H25F2N3O3. The maximum Gasteiger partial charge on any atom is 0.410 e. The van der Waals surface area contributed by atoms with Crippen LogP contribution in [0.15, 0.2) is 6.07 Å². The highest BCUT2D eigenvalue weighted by Gasteiger charge is 2.43. The van der Waals surface area contributed by atoms with Gasteiger partial charge in [-0.2, -0.15) is 4.98 Å². The molecule has 0 aliphatic carbocycles. The van der Waals surface area contributed by atoms with Crippen LogP contribution < -0.4 is 4.74 Å². The third-order valence-corrected chi connectivity index (χ3v) is 3.55. The molecule has 0 aromatic carbocycles. The van der Waals surface area contributed by atoms with Gasteiger partial charge in [-0.3, -0.25) is 0 Å². The second-order valence-electron chi connectivity index (χ2n) is 7.49. The van der Waals surface area contributed by atoms with Crippen molar-refractivity contribution >= 4 is 6.09 Å². The van der Waals surface area contributed by atoms with Crippen molar-refractivity contribution in [3.8, 4) is 5.88 Å². The fourth-order valence-electron chi connectivity index (χ4n) is 2.74. The normalized spacial score (nSPS) is 20.3. The van der Waals surface area contributed by atoms with Gasteiger partial charge in [0.2, 0.25) is 5.88 Å². The first-order chi connectivity index (χ1) is 11.4. The standard InChI is InChI=1S/C17H25F2N3O3/c1-11-6-14(21-12(2)20-11)24-9-13-7-17(18,19)10-22(8-13)15(23)25-16(3,4)5/h6,13H,7-10H2,1-5H3. The molecule has 1 fully saturated rings. The number of carbonyl (C=O) groups is 1. The molecule has 2 rings (SSSR count). The molecule has 25 heavy (non-hydrogen) atoms. The lowest BCUT2D eigenvalue weighted by Crippen LogP contribution is -2.52. The number of nitrogens with zero attached hydrogens (tertiary/aromatic N) is 3. The minimum absolute atomic E-state index is 0.0464. The largest absolute Gasteiger partial charge is 0.477 e. The Balaban J connectivity index is 2.01. The van der Waals surface area contributed by atoms with Gasteiger partial charge in [0.15, 0.2) is 0 Å². The molecule has 1 unspecified atom stereocenters. The van der Waals surface area contributed by atoms with Gasteiger partial charge in [0.05, 0.1) is 13.2 Å². The van der Waals surface area contributed by atoms with E-state index < -0.39 is 30.1 Å². The molecule has 0 N–H and O–H groups in total. The number of hydrogen-bond donors (Lipinski definition) is 0. The summed E-state index contributed by atoms with van der Waals surface area (Å²) < 4.78 is 38.8. The molecule has 0 spiro atoms. The number of ether oxygens (including phenoxy) is 2. The van der Waals surface area contributed by atoms with Crippen molar-refractivity contribution < 1.29 is 23.0 Å². The summed E-state index contributed by atoms with van der Waals surface area (Å²) in [6.07, 6.45) is -1.07. The number of carbonyl (C=O) groups excluding carboxylic acids is 1. The van der Waals surface area contributed by atoms with Gasteiger partial charge in [-0.15, -0.1) is 0 Å². The smallest absolute Gasteiger partial charge is 0.410 e. The van der Waals surface area contributed by atoms with Gasteiger partial charge in [0.1, 0.15) is 11.4 Å². The Morgan fingerprint density at radius 3 is 2.64 bits per heavy atom. The molecule has 6 nitrogen and oxygen atoms in total. The van der Waals surface area contributed by atoms with Gasteiger partial charge in [-0.1, -0.05) is 0 Å². The predicted molar refractivity (Wildman–Crippen MR) is 87.9 cm³/mol. The van der Waals surface area contributed by atoms with E-state index in [4.69, 9.17) is 9.47 Å². The predicted octanol–water partition coefficient (Wildman–Crippen LogP) is 3.36. The fraction of sp³-hybridized carbons (Fsp3) is 0.706. The van der Waals surface area contributed by atoms with Crippen LogP contribution in [0.1, 0.15) is 38.7 Å². The van der Waals surface area contributed by atoms with Crippen molar-refractivity contribution in [3.05, 3.63) is 17.6 Å². The van der Waals surface area contributed by atoms with Crippen molar-refractivity contribution in [2.75, 3.05) is 19.7 Å². The Labute approximate surface area is 146 Å². The zero-order chi connectivity index (χ0) is 18.8. The summed E-state index contributed by atoms with van der Waals surface area (Å²) in [6, 6.07) is 1.65. The zero-order valence-electron chi connectivity index (χ0n) is 15.3. The van der Waals surface area contributed by atoms with Gasteiger partial charge < -0.3 is 14.4 Å². The average Bonchev–Trinajstić information content (AvgIpc) is 2.40. The molecule has 8 heteroatoms. The van der Waals surface area contributed by atoms with E-state index in [9.17, 15) is 13.6 Å². The first-order valence-electron chi connectivity index (χ1n) is 8.24. The first-order valence-corrected chi connectivity index (χ1v) is 8.24. The monoisotopic (exact) mass is 357 g/mol. The van der Waals surface area contributed by atoms with E-state index in [1.165, 1.54) is 0 Å². The van der Waals surface area contributed by atoms with Crippen molar-refractivity contribution in [2.45, 2.75) is 52.6 Å². The fourth-order valence-corrected chi connectivity index (χ4v) is 2.74. The molecule has 1 aliphatic rings. The Kier molecular flexibility index (Phi) is 5.49. The molecule has 2 heterocycles. The number of halogens is 2.